The molecule has 1 aliphatic heterocycles. The molecule has 0 amide bonds. The van der Waals surface area contributed by atoms with Gasteiger partial charge in [-0.05, 0) is 56.1 Å². The van der Waals surface area contributed by atoms with Crippen LogP contribution in [0.4, 0.5) is 0 Å². The van der Waals surface area contributed by atoms with Crippen molar-refractivity contribution in [2.24, 2.45) is 5.92 Å². The zero-order chi connectivity index (χ0) is 19.4. The lowest BCUT2D eigenvalue weighted by atomic mass is 10.0. The monoisotopic (exact) mass is 388 g/mol. The molecule has 0 aromatic heterocycles. The predicted molar refractivity (Wildman–Crippen MR) is 108 cm³/mol. The fourth-order valence-corrected chi connectivity index (χ4v) is 5.13. The molecule has 0 radical (unpaired) electrons. The first-order chi connectivity index (χ1) is 12.9. The molecule has 1 fully saturated rings. The summed E-state index contributed by atoms with van der Waals surface area (Å²) in [6, 6.07) is 17.1. The normalized spacial score (nSPS) is 21.9. The van der Waals surface area contributed by atoms with E-state index in [1.165, 1.54) is 0 Å². The standard InChI is InChI=1S/C21H28N2O3S/c1-22(2)20-11-8-17(16-24)14-23(15-20)27(25,26)21-12-9-19(10-13-21)18-6-4-3-5-7-18/h3-7,9-10,12-13,17,20,24H,8,11,14-16H2,1-2H3/t17-,20+/m0/s1. The summed E-state index contributed by atoms with van der Waals surface area (Å²) in [5.41, 5.74) is 2.05. The molecule has 2 aromatic rings. The number of likely N-dealkylation sites (N-methyl/N-ethyl adjacent to an activating group) is 1. The van der Waals surface area contributed by atoms with Crippen LogP contribution in [0.5, 0.6) is 0 Å². The Hall–Kier alpha value is -1.73. The van der Waals surface area contributed by atoms with Crippen LogP contribution in [0.3, 0.4) is 0 Å². The van der Waals surface area contributed by atoms with Crippen LogP contribution in [0.2, 0.25) is 0 Å². The van der Waals surface area contributed by atoms with Gasteiger partial charge in [-0.25, -0.2) is 8.42 Å². The van der Waals surface area contributed by atoms with Gasteiger partial charge in [0, 0.05) is 25.7 Å². The van der Waals surface area contributed by atoms with Gasteiger partial charge >= 0.3 is 0 Å². The molecule has 6 heteroatoms. The Morgan fingerprint density at radius 3 is 2.19 bits per heavy atom. The molecule has 0 bridgehead atoms. The van der Waals surface area contributed by atoms with Gasteiger partial charge < -0.3 is 10.0 Å². The van der Waals surface area contributed by atoms with E-state index in [-0.39, 0.29) is 18.6 Å². The Labute approximate surface area is 162 Å². The summed E-state index contributed by atoms with van der Waals surface area (Å²) in [5, 5.41) is 9.62. The van der Waals surface area contributed by atoms with Crippen LogP contribution in [-0.4, -0.2) is 62.6 Å². The predicted octanol–water partition coefficient (Wildman–Crippen LogP) is 2.68. The van der Waals surface area contributed by atoms with Crippen LogP contribution in [0.25, 0.3) is 11.1 Å². The van der Waals surface area contributed by atoms with Gasteiger partial charge in [0.2, 0.25) is 10.0 Å². The van der Waals surface area contributed by atoms with Crippen molar-refractivity contribution in [3.8, 4) is 11.1 Å². The van der Waals surface area contributed by atoms with Gasteiger partial charge in [0.25, 0.3) is 0 Å². The van der Waals surface area contributed by atoms with E-state index in [0.717, 1.165) is 24.0 Å². The van der Waals surface area contributed by atoms with Crippen LogP contribution in [0.1, 0.15) is 12.8 Å². The molecular weight excluding hydrogens is 360 g/mol. The van der Waals surface area contributed by atoms with Crippen molar-refractivity contribution in [1.82, 2.24) is 9.21 Å². The molecule has 0 saturated carbocycles. The van der Waals surface area contributed by atoms with Gasteiger partial charge in [-0.1, -0.05) is 42.5 Å². The summed E-state index contributed by atoms with van der Waals surface area (Å²) in [6.45, 7) is 0.828. The average Bonchev–Trinajstić information content (AvgIpc) is 2.92. The summed E-state index contributed by atoms with van der Waals surface area (Å²) < 4.78 is 28.0. The highest BCUT2D eigenvalue weighted by Gasteiger charge is 2.33. The summed E-state index contributed by atoms with van der Waals surface area (Å²) in [5.74, 6) is -0.0201. The van der Waals surface area contributed by atoms with Crippen LogP contribution in [0, 0.1) is 5.92 Å². The van der Waals surface area contributed by atoms with Crippen LogP contribution >= 0.6 is 0 Å². The molecule has 3 rings (SSSR count). The van der Waals surface area contributed by atoms with Crippen molar-refractivity contribution in [2.45, 2.75) is 23.8 Å². The molecule has 1 N–H and O–H groups in total. The fourth-order valence-electron chi connectivity index (χ4n) is 3.57. The van der Waals surface area contributed by atoms with Gasteiger partial charge in [-0.15, -0.1) is 0 Å². The Bertz CT molecular complexity index is 835. The molecule has 1 saturated heterocycles. The molecule has 0 aliphatic carbocycles. The SMILES string of the molecule is CN(C)[C@@H]1CC[C@H](CO)CN(S(=O)(=O)c2ccc(-c3ccccc3)cc2)C1. The lowest BCUT2D eigenvalue weighted by Crippen LogP contribution is -2.42. The molecule has 5 nitrogen and oxygen atoms in total. The second kappa shape index (κ2) is 8.52. The molecule has 27 heavy (non-hydrogen) atoms. The third-order valence-corrected chi connectivity index (χ3v) is 7.22. The van der Waals surface area contributed by atoms with Gasteiger partial charge in [0.05, 0.1) is 4.90 Å². The smallest absolute Gasteiger partial charge is 0.243 e. The minimum atomic E-state index is -3.60. The van der Waals surface area contributed by atoms with Crippen molar-refractivity contribution in [1.29, 1.82) is 0 Å². The number of hydrogen-bond acceptors (Lipinski definition) is 4. The highest BCUT2D eigenvalue weighted by molar-refractivity contribution is 7.89. The molecule has 2 aromatic carbocycles. The third-order valence-electron chi connectivity index (χ3n) is 5.37. The van der Waals surface area contributed by atoms with Crippen LogP contribution in [-0.2, 0) is 10.0 Å². The van der Waals surface area contributed by atoms with Crippen molar-refractivity contribution < 1.29 is 13.5 Å². The molecular formula is C21H28N2O3S. The quantitative estimate of drug-likeness (QED) is 0.856. The van der Waals surface area contributed by atoms with E-state index in [1.54, 1.807) is 16.4 Å². The van der Waals surface area contributed by atoms with Gasteiger partial charge in [-0.2, -0.15) is 4.31 Å². The number of benzene rings is 2. The van der Waals surface area contributed by atoms with E-state index >= 15 is 0 Å². The first-order valence-corrected chi connectivity index (χ1v) is 10.8. The molecule has 0 spiro atoms. The summed E-state index contributed by atoms with van der Waals surface area (Å²) in [6.07, 6.45) is 1.72. The number of rotatable bonds is 5. The zero-order valence-corrected chi connectivity index (χ0v) is 16.8. The summed E-state index contributed by atoms with van der Waals surface area (Å²) >= 11 is 0. The van der Waals surface area contributed by atoms with E-state index in [0.29, 0.717) is 18.0 Å². The Morgan fingerprint density at radius 2 is 1.59 bits per heavy atom. The lowest BCUT2D eigenvalue weighted by molar-refractivity contribution is 0.204. The molecule has 1 aliphatic rings. The highest BCUT2D eigenvalue weighted by atomic mass is 32.2. The third kappa shape index (κ3) is 4.58. The number of aliphatic hydroxyl groups is 1. The number of sulfonamides is 1. The van der Waals surface area contributed by atoms with Crippen molar-refractivity contribution in [3.63, 3.8) is 0 Å². The second-order valence-corrected chi connectivity index (χ2v) is 9.39. The largest absolute Gasteiger partial charge is 0.396 e. The maximum atomic E-state index is 13.2. The average molecular weight is 389 g/mol. The van der Waals surface area contributed by atoms with E-state index < -0.39 is 10.0 Å². The minimum Gasteiger partial charge on any atom is -0.396 e. The first-order valence-electron chi connectivity index (χ1n) is 9.34. The summed E-state index contributed by atoms with van der Waals surface area (Å²) in [4.78, 5) is 2.37. The maximum absolute atomic E-state index is 13.2. The van der Waals surface area contributed by atoms with Crippen LogP contribution in [0.15, 0.2) is 59.5 Å². The number of aliphatic hydroxyl groups excluding tert-OH is 1. The Morgan fingerprint density at radius 1 is 0.963 bits per heavy atom. The van der Waals surface area contributed by atoms with Gasteiger partial charge in [0.15, 0.2) is 0 Å². The molecule has 1 heterocycles. The molecule has 146 valence electrons. The molecule has 2 atom stereocenters. The first kappa shape index (κ1) is 20.0. The van der Waals surface area contributed by atoms with Crippen LogP contribution < -0.4 is 0 Å². The van der Waals surface area contributed by atoms with Gasteiger partial charge in [0.1, 0.15) is 0 Å². The van der Waals surface area contributed by atoms with Gasteiger partial charge in [-0.3, -0.25) is 0 Å². The lowest BCUT2D eigenvalue weighted by Gasteiger charge is -2.28. The van der Waals surface area contributed by atoms with E-state index in [2.05, 4.69) is 4.90 Å². The second-order valence-electron chi connectivity index (χ2n) is 7.46. The fraction of sp³-hybridized carbons (Fsp3) is 0.429. The number of nitrogens with zero attached hydrogens (tertiary/aromatic N) is 2. The van der Waals surface area contributed by atoms with Crippen molar-refractivity contribution in [2.75, 3.05) is 33.8 Å². The minimum absolute atomic E-state index is 0.0130. The number of hydrogen-bond donors (Lipinski definition) is 1. The molecule has 0 unspecified atom stereocenters. The maximum Gasteiger partial charge on any atom is 0.243 e. The Kier molecular flexibility index (Phi) is 6.32. The zero-order valence-electron chi connectivity index (χ0n) is 16.0. The topological polar surface area (TPSA) is 60.9 Å². The van der Waals surface area contributed by atoms with E-state index in [9.17, 15) is 13.5 Å². The van der Waals surface area contributed by atoms with E-state index in [1.807, 2.05) is 56.6 Å². The highest BCUT2D eigenvalue weighted by Crippen LogP contribution is 2.27. The Balaban J connectivity index is 1.87. The van der Waals surface area contributed by atoms with E-state index in [4.69, 9.17) is 0 Å². The van der Waals surface area contributed by atoms with Crippen molar-refractivity contribution in [3.05, 3.63) is 54.6 Å². The summed E-state index contributed by atoms with van der Waals surface area (Å²) in [7, 11) is 0.353. The van der Waals surface area contributed by atoms with Crippen molar-refractivity contribution >= 4 is 10.0 Å².